The third-order valence-electron chi connectivity index (χ3n) is 5.20. The first-order chi connectivity index (χ1) is 9.02. The Bertz CT molecular complexity index is 317. The van der Waals surface area contributed by atoms with Gasteiger partial charge in [-0.05, 0) is 38.1 Å². The molecule has 2 aliphatic rings. The van der Waals surface area contributed by atoms with Crippen LogP contribution in [0, 0.1) is 11.3 Å². The highest BCUT2D eigenvalue weighted by atomic mass is 16.2. The quantitative estimate of drug-likeness (QED) is 0.835. The molecule has 0 bridgehead atoms. The Morgan fingerprint density at radius 3 is 2.37 bits per heavy atom. The number of nitrogens with zero attached hydrogens (tertiary/aromatic N) is 2. The first-order valence-corrected chi connectivity index (χ1v) is 7.72. The number of carbonyl (C=O) groups is 1. The maximum absolute atomic E-state index is 12.7. The highest BCUT2D eigenvalue weighted by molar-refractivity contribution is 5.84. The largest absolute Gasteiger partial charge is 0.342 e. The van der Waals surface area contributed by atoms with Crippen LogP contribution in [0.3, 0.4) is 0 Å². The van der Waals surface area contributed by atoms with Gasteiger partial charge in [-0.2, -0.15) is 0 Å². The number of nitrogens with two attached hydrogens (primary N) is 1. The molecule has 1 amide bonds. The van der Waals surface area contributed by atoms with E-state index in [1.165, 1.54) is 0 Å². The van der Waals surface area contributed by atoms with Gasteiger partial charge in [0.05, 0.1) is 5.41 Å². The average molecular weight is 267 g/mol. The molecule has 4 heteroatoms. The molecular formula is C15H29N3O. The molecule has 110 valence electrons. The van der Waals surface area contributed by atoms with Gasteiger partial charge in [-0.1, -0.05) is 13.8 Å². The summed E-state index contributed by atoms with van der Waals surface area (Å²) in [5.41, 5.74) is 5.65. The zero-order valence-corrected chi connectivity index (χ0v) is 12.7. The SMILES string of the molecule is CCN1CCC(N(C)C(=O)C2(CN)CC(C)C2)CC1. The molecule has 1 aliphatic heterocycles. The lowest BCUT2D eigenvalue weighted by Gasteiger charge is -2.48. The van der Waals surface area contributed by atoms with Gasteiger partial charge in [-0.25, -0.2) is 0 Å². The Hall–Kier alpha value is -0.610. The first-order valence-electron chi connectivity index (χ1n) is 7.72. The summed E-state index contributed by atoms with van der Waals surface area (Å²) in [5.74, 6) is 0.950. The number of hydrogen-bond donors (Lipinski definition) is 1. The lowest BCUT2D eigenvalue weighted by atomic mass is 9.61. The lowest BCUT2D eigenvalue weighted by molar-refractivity contribution is -0.151. The normalized spacial score (nSPS) is 32.9. The molecule has 0 spiro atoms. The van der Waals surface area contributed by atoms with Crippen molar-refractivity contribution in [1.82, 2.24) is 9.80 Å². The summed E-state index contributed by atoms with van der Waals surface area (Å²) in [6.07, 6.45) is 4.15. The van der Waals surface area contributed by atoms with Crippen LogP contribution in [0.25, 0.3) is 0 Å². The van der Waals surface area contributed by atoms with Crippen molar-refractivity contribution in [3.8, 4) is 0 Å². The molecule has 0 aromatic heterocycles. The van der Waals surface area contributed by atoms with Crippen LogP contribution in [0.1, 0.15) is 39.5 Å². The van der Waals surface area contributed by atoms with Crippen molar-refractivity contribution in [1.29, 1.82) is 0 Å². The van der Waals surface area contributed by atoms with Gasteiger partial charge in [0.1, 0.15) is 0 Å². The van der Waals surface area contributed by atoms with E-state index in [1.54, 1.807) is 0 Å². The zero-order chi connectivity index (χ0) is 14.0. The molecule has 0 unspecified atom stereocenters. The van der Waals surface area contributed by atoms with Gasteiger partial charge in [0.25, 0.3) is 0 Å². The molecular weight excluding hydrogens is 238 g/mol. The van der Waals surface area contributed by atoms with E-state index in [-0.39, 0.29) is 5.41 Å². The minimum atomic E-state index is -0.240. The number of piperidine rings is 1. The van der Waals surface area contributed by atoms with E-state index in [0.717, 1.165) is 45.3 Å². The number of rotatable bonds is 4. The Morgan fingerprint density at radius 2 is 1.95 bits per heavy atom. The number of amides is 1. The van der Waals surface area contributed by atoms with Crippen LogP contribution in [-0.4, -0.2) is 55.0 Å². The fourth-order valence-electron chi connectivity index (χ4n) is 3.87. The van der Waals surface area contributed by atoms with Gasteiger partial charge in [0, 0.05) is 32.7 Å². The van der Waals surface area contributed by atoms with Gasteiger partial charge in [0.15, 0.2) is 0 Å². The third kappa shape index (κ3) is 2.79. The summed E-state index contributed by atoms with van der Waals surface area (Å²) in [5, 5.41) is 0. The van der Waals surface area contributed by atoms with Crippen molar-refractivity contribution in [2.75, 3.05) is 33.2 Å². The molecule has 1 aliphatic carbocycles. The maximum atomic E-state index is 12.7. The lowest BCUT2D eigenvalue weighted by Crippen LogP contribution is -2.57. The van der Waals surface area contributed by atoms with Gasteiger partial charge in [-0.15, -0.1) is 0 Å². The summed E-state index contributed by atoms with van der Waals surface area (Å²) in [4.78, 5) is 17.2. The topological polar surface area (TPSA) is 49.6 Å². The van der Waals surface area contributed by atoms with Crippen molar-refractivity contribution in [2.45, 2.75) is 45.6 Å². The minimum absolute atomic E-state index is 0.240. The molecule has 1 saturated heterocycles. The number of likely N-dealkylation sites (tertiary alicyclic amines) is 1. The van der Waals surface area contributed by atoms with Gasteiger partial charge in [-0.3, -0.25) is 4.79 Å². The van der Waals surface area contributed by atoms with Crippen LogP contribution in [-0.2, 0) is 4.79 Å². The summed E-state index contributed by atoms with van der Waals surface area (Å²) in [7, 11) is 1.98. The van der Waals surface area contributed by atoms with E-state index in [2.05, 4.69) is 18.7 Å². The van der Waals surface area contributed by atoms with Gasteiger partial charge in [0.2, 0.25) is 5.91 Å². The molecule has 2 fully saturated rings. The summed E-state index contributed by atoms with van der Waals surface area (Å²) in [6, 6.07) is 0.412. The molecule has 2 rings (SSSR count). The molecule has 0 atom stereocenters. The molecule has 4 nitrogen and oxygen atoms in total. The maximum Gasteiger partial charge on any atom is 0.230 e. The van der Waals surface area contributed by atoms with E-state index in [0.29, 0.717) is 24.4 Å². The average Bonchev–Trinajstić information content (AvgIpc) is 2.42. The van der Waals surface area contributed by atoms with E-state index in [4.69, 9.17) is 5.73 Å². The van der Waals surface area contributed by atoms with E-state index >= 15 is 0 Å². The predicted octanol–water partition coefficient (Wildman–Crippen LogP) is 1.30. The first kappa shape index (κ1) is 14.8. The van der Waals surface area contributed by atoms with Crippen molar-refractivity contribution in [3.63, 3.8) is 0 Å². The van der Waals surface area contributed by atoms with Crippen LogP contribution in [0.4, 0.5) is 0 Å². The number of carbonyl (C=O) groups excluding carboxylic acids is 1. The molecule has 0 radical (unpaired) electrons. The third-order valence-corrected chi connectivity index (χ3v) is 5.20. The Balaban J connectivity index is 1.92. The Morgan fingerprint density at radius 1 is 1.37 bits per heavy atom. The smallest absolute Gasteiger partial charge is 0.230 e. The standard InChI is InChI=1S/C15H29N3O/c1-4-18-7-5-13(6-8-18)17(3)14(19)15(11-16)9-12(2)10-15/h12-13H,4-11,16H2,1-3H3. The van der Waals surface area contributed by atoms with Crippen LogP contribution in [0.5, 0.6) is 0 Å². The van der Waals surface area contributed by atoms with Crippen LogP contribution >= 0.6 is 0 Å². The van der Waals surface area contributed by atoms with Gasteiger partial charge < -0.3 is 15.5 Å². The second kappa shape index (κ2) is 5.80. The highest BCUT2D eigenvalue weighted by Gasteiger charge is 2.49. The van der Waals surface area contributed by atoms with E-state index in [9.17, 15) is 4.79 Å². The highest BCUT2D eigenvalue weighted by Crippen LogP contribution is 2.46. The van der Waals surface area contributed by atoms with Gasteiger partial charge >= 0.3 is 0 Å². The monoisotopic (exact) mass is 267 g/mol. The molecule has 2 N–H and O–H groups in total. The number of hydrogen-bond acceptors (Lipinski definition) is 3. The van der Waals surface area contributed by atoms with Crippen molar-refractivity contribution < 1.29 is 4.79 Å². The molecule has 1 heterocycles. The van der Waals surface area contributed by atoms with Crippen molar-refractivity contribution in [2.24, 2.45) is 17.1 Å². The van der Waals surface area contributed by atoms with E-state index in [1.807, 2.05) is 11.9 Å². The summed E-state index contributed by atoms with van der Waals surface area (Å²) < 4.78 is 0. The second-order valence-corrected chi connectivity index (χ2v) is 6.58. The Kier molecular flexibility index (Phi) is 4.51. The minimum Gasteiger partial charge on any atom is -0.342 e. The summed E-state index contributed by atoms with van der Waals surface area (Å²) >= 11 is 0. The Labute approximate surface area is 117 Å². The predicted molar refractivity (Wildman–Crippen MR) is 77.8 cm³/mol. The fourth-order valence-corrected chi connectivity index (χ4v) is 3.87. The van der Waals surface area contributed by atoms with Crippen molar-refractivity contribution >= 4 is 5.91 Å². The van der Waals surface area contributed by atoms with Crippen molar-refractivity contribution in [3.05, 3.63) is 0 Å². The zero-order valence-electron chi connectivity index (χ0n) is 12.7. The molecule has 0 aromatic rings. The van der Waals surface area contributed by atoms with Crippen LogP contribution in [0.15, 0.2) is 0 Å². The molecule has 0 aromatic carbocycles. The second-order valence-electron chi connectivity index (χ2n) is 6.58. The van der Waals surface area contributed by atoms with E-state index < -0.39 is 0 Å². The van der Waals surface area contributed by atoms with Crippen LogP contribution < -0.4 is 5.73 Å². The molecule has 1 saturated carbocycles. The fraction of sp³-hybridized carbons (Fsp3) is 0.933. The summed E-state index contributed by atoms with van der Waals surface area (Å²) in [6.45, 7) is 8.27. The van der Waals surface area contributed by atoms with Crippen LogP contribution in [0.2, 0.25) is 0 Å². The molecule has 19 heavy (non-hydrogen) atoms.